The van der Waals surface area contributed by atoms with E-state index in [1.165, 1.54) is 28.0 Å². The number of hydrogen-bond donors (Lipinski definition) is 0. The summed E-state index contributed by atoms with van der Waals surface area (Å²) in [7, 11) is -2.00. The highest BCUT2D eigenvalue weighted by molar-refractivity contribution is 7.89. The van der Waals surface area contributed by atoms with Crippen molar-refractivity contribution in [2.24, 2.45) is 7.05 Å². The Kier molecular flexibility index (Phi) is 5.16. The van der Waals surface area contributed by atoms with Crippen LogP contribution in [0.1, 0.15) is 33.5 Å². The molecule has 144 valence electrons. The molecule has 1 aliphatic heterocycles. The zero-order valence-corrected chi connectivity index (χ0v) is 16.4. The van der Waals surface area contributed by atoms with E-state index < -0.39 is 10.0 Å². The van der Waals surface area contributed by atoms with Crippen LogP contribution >= 0.6 is 0 Å². The molecule has 0 saturated carbocycles. The van der Waals surface area contributed by atoms with E-state index in [1.807, 2.05) is 6.92 Å². The molecule has 0 atom stereocenters. The number of rotatable bonds is 4. The topological polar surface area (TPSA) is 92.6 Å². The largest absolute Gasteiger partial charge is 0.335 e. The van der Waals surface area contributed by atoms with E-state index in [9.17, 15) is 18.0 Å². The van der Waals surface area contributed by atoms with Gasteiger partial charge in [0.2, 0.25) is 10.0 Å². The van der Waals surface area contributed by atoms with E-state index in [-0.39, 0.29) is 29.7 Å². The van der Waals surface area contributed by atoms with E-state index in [4.69, 9.17) is 0 Å². The minimum absolute atomic E-state index is 0.0947. The predicted molar refractivity (Wildman–Crippen MR) is 99.1 cm³/mol. The summed E-state index contributed by atoms with van der Waals surface area (Å²) in [5.74, 6) is -0.345. The van der Waals surface area contributed by atoms with E-state index in [0.717, 1.165) is 5.69 Å². The van der Waals surface area contributed by atoms with Gasteiger partial charge < -0.3 is 4.90 Å². The first-order chi connectivity index (χ1) is 12.7. The average Bonchev–Trinajstić information content (AvgIpc) is 2.99. The molecule has 1 saturated heterocycles. The molecule has 1 fully saturated rings. The lowest BCUT2D eigenvalue weighted by molar-refractivity contribution is 0.0686. The molecule has 0 bridgehead atoms. The number of ketones is 1. The second kappa shape index (κ2) is 7.24. The van der Waals surface area contributed by atoms with Crippen molar-refractivity contribution in [3.8, 4) is 0 Å². The van der Waals surface area contributed by atoms with Gasteiger partial charge in [-0.2, -0.15) is 9.40 Å². The molecule has 0 radical (unpaired) electrons. The third-order valence-corrected chi connectivity index (χ3v) is 6.52. The molecule has 2 aromatic rings. The standard InChI is InChI=1S/C18H22N4O4S/c1-13-11-17(20(3)19-13)18(24)21-7-9-22(10-8-21)27(25,26)16-6-4-5-15(12-16)14(2)23/h4-6,11-12H,7-10H2,1-3H3. The van der Waals surface area contributed by atoms with Crippen LogP contribution in [0.5, 0.6) is 0 Å². The third-order valence-electron chi connectivity index (χ3n) is 4.63. The van der Waals surface area contributed by atoms with Gasteiger partial charge in [0, 0.05) is 38.8 Å². The first-order valence-corrected chi connectivity index (χ1v) is 10.1. The van der Waals surface area contributed by atoms with Crippen molar-refractivity contribution in [1.29, 1.82) is 0 Å². The van der Waals surface area contributed by atoms with Crippen molar-refractivity contribution in [2.45, 2.75) is 18.7 Å². The molecule has 0 N–H and O–H groups in total. The molecule has 0 unspecified atom stereocenters. The number of benzene rings is 1. The van der Waals surface area contributed by atoms with Crippen LogP contribution in [0.3, 0.4) is 0 Å². The smallest absolute Gasteiger partial charge is 0.272 e. The normalized spacial score (nSPS) is 15.7. The maximum Gasteiger partial charge on any atom is 0.272 e. The van der Waals surface area contributed by atoms with Gasteiger partial charge in [-0.25, -0.2) is 8.42 Å². The van der Waals surface area contributed by atoms with Crippen molar-refractivity contribution in [1.82, 2.24) is 19.0 Å². The Labute approximate surface area is 158 Å². The molecular weight excluding hydrogens is 368 g/mol. The van der Waals surface area contributed by atoms with E-state index >= 15 is 0 Å². The van der Waals surface area contributed by atoms with Gasteiger partial charge in [-0.1, -0.05) is 12.1 Å². The minimum Gasteiger partial charge on any atom is -0.335 e. The van der Waals surface area contributed by atoms with Crippen LogP contribution in [0.15, 0.2) is 35.2 Å². The summed E-state index contributed by atoms with van der Waals surface area (Å²) in [4.78, 5) is 25.9. The molecule has 9 heteroatoms. The lowest BCUT2D eigenvalue weighted by atomic mass is 10.2. The number of Topliss-reactive ketones (excluding diaryl/α,β-unsaturated/α-hetero) is 1. The molecule has 0 aliphatic carbocycles. The lowest BCUT2D eigenvalue weighted by Gasteiger charge is -2.34. The van der Waals surface area contributed by atoms with Gasteiger partial charge in [0.1, 0.15) is 5.69 Å². The molecule has 27 heavy (non-hydrogen) atoms. The van der Waals surface area contributed by atoms with Crippen molar-refractivity contribution in [3.63, 3.8) is 0 Å². The van der Waals surface area contributed by atoms with Crippen LogP contribution in [-0.2, 0) is 17.1 Å². The second-order valence-electron chi connectivity index (χ2n) is 6.57. The summed E-state index contributed by atoms with van der Waals surface area (Å²) in [6, 6.07) is 7.76. The quantitative estimate of drug-likeness (QED) is 0.729. The first-order valence-electron chi connectivity index (χ1n) is 8.61. The summed E-state index contributed by atoms with van der Waals surface area (Å²) < 4.78 is 28.6. The summed E-state index contributed by atoms with van der Waals surface area (Å²) >= 11 is 0. The number of piperazine rings is 1. The number of nitrogens with zero attached hydrogens (tertiary/aromatic N) is 4. The van der Waals surface area contributed by atoms with Gasteiger partial charge in [-0.05, 0) is 32.0 Å². The molecule has 1 aromatic heterocycles. The molecule has 2 heterocycles. The van der Waals surface area contributed by atoms with Crippen molar-refractivity contribution in [2.75, 3.05) is 26.2 Å². The fourth-order valence-electron chi connectivity index (χ4n) is 3.13. The number of carbonyl (C=O) groups is 2. The monoisotopic (exact) mass is 390 g/mol. The van der Waals surface area contributed by atoms with Gasteiger partial charge in [0.05, 0.1) is 10.6 Å². The fourth-order valence-corrected chi connectivity index (χ4v) is 4.60. The number of hydrogen-bond acceptors (Lipinski definition) is 5. The van der Waals surface area contributed by atoms with Gasteiger partial charge in [0.25, 0.3) is 5.91 Å². The highest BCUT2D eigenvalue weighted by atomic mass is 32.2. The highest BCUT2D eigenvalue weighted by Crippen LogP contribution is 2.20. The van der Waals surface area contributed by atoms with Crippen LogP contribution in [0, 0.1) is 6.92 Å². The molecule has 1 aliphatic rings. The third kappa shape index (κ3) is 3.79. The van der Waals surface area contributed by atoms with Gasteiger partial charge in [-0.15, -0.1) is 0 Å². The fraction of sp³-hybridized carbons (Fsp3) is 0.389. The van der Waals surface area contributed by atoms with Crippen LogP contribution in [-0.4, -0.2) is 65.3 Å². The summed E-state index contributed by atoms with van der Waals surface area (Å²) in [5, 5.41) is 4.18. The Morgan fingerprint density at radius 1 is 1.07 bits per heavy atom. The zero-order chi connectivity index (χ0) is 19.8. The number of aromatic nitrogens is 2. The lowest BCUT2D eigenvalue weighted by Crippen LogP contribution is -2.50. The number of sulfonamides is 1. The Morgan fingerprint density at radius 2 is 1.74 bits per heavy atom. The van der Waals surface area contributed by atoms with Crippen LogP contribution < -0.4 is 0 Å². The number of aryl methyl sites for hydroxylation is 2. The Morgan fingerprint density at radius 3 is 2.30 bits per heavy atom. The summed E-state index contributed by atoms with van der Waals surface area (Å²) in [6.07, 6.45) is 0. The Bertz CT molecular complexity index is 989. The molecule has 1 amide bonds. The predicted octanol–water partition coefficient (Wildman–Crippen LogP) is 1.08. The summed E-state index contributed by atoms with van der Waals surface area (Å²) in [5.41, 5.74) is 1.60. The highest BCUT2D eigenvalue weighted by Gasteiger charge is 2.31. The van der Waals surface area contributed by atoms with Crippen LogP contribution in [0.25, 0.3) is 0 Å². The first kappa shape index (κ1) is 19.2. The van der Waals surface area contributed by atoms with Crippen molar-refractivity contribution >= 4 is 21.7 Å². The maximum absolute atomic E-state index is 12.9. The van der Waals surface area contributed by atoms with Crippen molar-refractivity contribution < 1.29 is 18.0 Å². The van der Waals surface area contributed by atoms with Gasteiger partial charge in [-0.3, -0.25) is 14.3 Å². The summed E-state index contributed by atoms with van der Waals surface area (Å²) in [6.45, 7) is 4.22. The zero-order valence-electron chi connectivity index (χ0n) is 15.5. The Balaban J connectivity index is 1.73. The SMILES string of the molecule is CC(=O)c1cccc(S(=O)(=O)N2CCN(C(=O)c3cc(C)nn3C)CC2)c1. The minimum atomic E-state index is -3.71. The molecule has 3 rings (SSSR count). The van der Waals surface area contributed by atoms with Gasteiger partial charge in [0.15, 0.2) is 5.78 Å². The Hall–Kier alpha value is -2.52. The van der Waals surface area contributed by atoms with Crippen LogP contribution in [0.2, 0.25) is 0 Å². The van der Waals surface area contributed by atoms with E-state index in [0.29, 0.717) is 24.3 Å². The molecule has 0 spiro atoms. The average molecular weight is 390 g/mol. The van der Waals surface area contributed by atoms with E-state index in [2.05, 4.69) is 5.10 Å². The maximum atomic E-state index is 12.9. The molecular formula is C18H22N4O4S. The van der Waals surface area contributed by atoms with Gasteiger partial charge >= 0.3 is 0 Å². The number of carbonyl (C=O) groups excluding carboxylic acids is 2. The van der Waals surface area contributed by atoms with Crippen LogP contribution in [0.4, 0.5) is 0 Å². The number of amides is 1. The molecule has 8 nitrogen and oxygen atoms in total. The second-order valence-corrected chi connectivity index (χ2v) is 8.51. The van der Waals surface area contributed by atoms with E-state index in [1.54, 1.807) is 30.1 Å². The van der Waals surface area contributed by atoms with Crippen molar-refractivity contribution in [3.05, 3.63) is 47.3 Å². The molecule has 1 aromatic carbocycles.